The number of hydrogen-bond acceptors (Lipinski definition) is 6. The number of aliphatic carboxylic acids is 1. The van der Waals surface area contributed by atoms with Crippen LogP contribution in [0.4, 0.5) is 0 Å². The van der Waals surface area contributed by atoms with Crippen LogP contribution in [0.15, 0.2) is 12.2 Å². The zero-order valence-corrected chi connectivity index (χ0v) is 14.5. The molecule has 3 N–H and O–H groups in total. The Morgan fingerprint density at radius 1 is 1.15 bits per heavy atom. The lowest BCUT2D eigenvalue weighted by molar-refractivity contribution is -0.142. The highest BCUT2D eigenvalue weighted by molar-refractivity contribution is 6.12. The SMILES string of the molecule is COCCNC(=O)CC[C@H](NC(=O)CCCN1C(=O)C=CC1=O)C(=O)O. The lowest BCUT2D eigenvalue weighted by Gasteiger charge is -2.16. The van der Waals surface area contributed by atoms with Crippen LogP contribution in [0.25, 0.3) is 0 Å². The number of ether oxygens (including phenoxy) is 1. The molecule has 0 aromatic heterocycles. The van der Waals surface area contributed by atoms with Crippen LogP contribution in [0.1, 0.15) is 25.7 Å². The zero-order chi connectivity index (χ0) is 19.5. The first kappa shape index (κ1) is 21.3. The smallest absolute Gasteiger partial charge is 0.326 e. The minimum absolute atomic E-state index is 0.0408. The van der Waals surface area contributed by atoms with Gasteiger partial charge in [0.2, 0.25) is 11.8 Å². The molecule has 0 aliphatic carbocycles. The van der Waals surface area contributed by atoms with Gasteiger partial charge in [0.15, 0.2) is 0 Å². The molecule has 0 fully saturated rings. The Balaban J connectivity index is 2.31. The molecule has 144 valence electrons. The number of nitrogens with zero attached hydrogens (tertiary/aromatic N) is 1. The molecule has 10 heteroatoms. The first-order valence-corrected chi connectivity index (χ1v) is 8.16. The molecule has 0 saturated heterocycles. The molecule has 0 aromatic carbocycles. The van der Waals surface area contributed by atoms with E-state index in [2.05, 4.69) is 10.6 Å². The van der Waals surface area contributed by atoms with E-state index < -0.39 is 29.7 Å². The van der Waals surface area contributed by atoms with Crippen LogP contribution in [0.2, 0.25) is 0 Å². The molecule has 1 aliphatic rings. The number of rotatable bonds is 12. The maximum absolute atomic E-state index is 11.9. The van der Waals surface area contributed by atoms with E-state index in [0.717, 1.165) is 17.1 Å². The molecule has 0 aromatic rings. The van der Waals surface area contributed by atoms with Gasteiger partial charge in [0.1, 0.15) is 6.04 Å². The number of carboxylic acid groups (broad SMARTS) is 1. The number of carbonyl (C=O) groups excluding carboxylic acids is 4. The maximum Gasteiger partial charge on any atom is 0.326 e. The first-order chi connectivity index (χ1) is 12.3. The Morgan fingerprint density at radius 2 is 1.81 bits per heavy atom. The third-order valence-electron chi connectivity index (χ3n) is 3.61. The fraction of sp³-hybridized carbons (Fsp3) is 0.562. The Bertz CT molecular complexity index is 570. The summed E-state index contributed by atoms with van der Waals surface area (Å²) in [4.78, 5) is 58.4. The normalized spacial score (nSPS) is 14.4. The van der Waals surface area contributed by atoms with E-state index in [9.17, 15) is 24.0 Å². The first-order valence-electron chi connectivity index (χ1n) is 8.16. The molecule has 10 nitrogen and oxygen atoms in total. The summed E-state index contributed by atoms with van der Waals surface area (Å²) in [5.74, 6) is -2.96. The summed E-state index contributed by atoms with van der Waals surface area (Å²) in [5.41, 5.74) is 0. The number of amides is 4. The number of carbonyl (C=O) groups is 5. The van der Waals surface area contributed by atoms with Crippen molar-refractivity contribution in [1.29, 1.82) is 0 Å². The van der Waals surface area contributed by atoms with E-state index in [1.807, 2.05) is 0 Å². The molecule has 0 saturated carbocycles. The van der Waals surface area contributed by atoms with Crippen LogP contribution in [0.3, 0.4) is 0 Å². The number of methoxy groups -OCH3 is 1. The van der Waals surface area contributed by atoms with Gasteiger partial charge in [0.05, 0.1) is 6.61 Å². The second kappa shape index (κ2) is 11.0. The Morgan fingerprint density at radius 3 is 2.38 bits per heavy atom. The third-order valence-corrected chi connectivity index (χ3v) is 3.61. The summed E-state index contributed by atoms with van der Waals surface area (Å²) >= 11 is 0. The average Bonchev–Trinajstić information content (AvgIpc) is 2.90. The van der Waals surface area contributed by atoms with Crippen molar-refractivity contribution in [3.05, 3.63) is 12.2 Å². The van der Waals surface area contributed by atoms with Gasteiger partial charge in [-0.1, -0.05) is 0 Å². The highest BCUT2D eigenvalue weighted by Crippen LogP contribution is 2.06. The van der Waals surface area contributed by atoms with E-state index in [0.29, 0.717) is 13.2 Å². The van der Waals surface area contributed by atoms with Gasteiger partial charge in [-0.15, -0.1) is 0 Å². The Labute approximate surface area is 150 Å². The second-order valence-electron chi connectivity index (χ2n) is 5.60. The van der Waals surface area contributed by atoms with E-state index in [1.54, 1.807) is 0 Å². The summed E-state index contributed by atoms with van der Waals surface area (Å²) in [6.07, 6.45) is 2.38. The molecule has 0 radical (unpaired) electrons. The maximum atomic E-state index is 11.9. The number of nitrogens with one attached hydrogen (secondary N) is 2. The summed E-state index contributed by atoms with van der Waals surface area (Å²) in [5, 5.41) is 14.0. The lowest BCUT2D eigenvalue weighted by atomic mass is 10.1. The molecule has 1 rings (SSSR count). The number of carboxylic acids is 1. The lowest BCUT2D eigenvalue weighted by Crippen LogP contribution is -2.42. The van der Waals surface area contributed by atoms with Gasteiger partial charge in [0, 0.05) is 45.2 Å². The van der Waals surface area contributed by atoms with Gasteiger partial charge in [0.25, 0.3) is 11.8 Å². The largest absolute Gasteiger partial charge is 0.480 e. The minimum Gasteiger partial charge on any atom is -0.480 e. The number of hydrogen-bond donors (Lipinski definition) is 3. The predicted octanol–water partition coefficient (Wildman–Crippen LogP) is -1.20. The van der Waals surface area contributed by atoms with Crippen LogP contribution in [-0.2, 0) is 28.7 Å². The highest BCUT2D eigenvalue weighted by atomic mass is 16.5. The number of imide groups is 1. The molecule has 26 heavy (non-hydrogen) atoms. The zero-order valence-electron chi connectivity index (χ0n) is 14.5. The van der Waals surface area contributed by atoms with Crippen molar-refractivity contribution in [3.63, 3.8) is 0 Å². The van der Waals surface area contributed by atoms with Gasteiger partial charge in [-0.3, -0.25) is 24.1 Å². The average molecular weight is 369 g/mol. The fourth-order valence-electron chi connectivity index (χ4n) is 2.23. The molecule has 0 spiro atoms. The quantitative estimate of drug-likeness (QED) is 0.290. The van der Waals surface area contributed by atoms with Gasteiger partial charge in [-0.25, -0.2) is 4.79 Å². The molecule has 1 aliphatic heterocycles. The summed E-state index contributed by atoms with van der Waals surface area (Å²) in [7, 11) is 1.49. The predicted molar refractivity (Wildman–Crippen MR) is 88.8 cm³/mol. The third kappa shape index (κ3) is 7.43. The Kier molecular flexibility index (Phi) is 8.99. The van der Waals surface area contributed by atoms with Crippen LogP contribution < -0.4 is 10.6 Å². The second-order valence-corrected chi connectivity index (χ2v) is 5.60. The standard InChI is InChI=1S/C16H23N3O7/c1-26-10-8-17-12(20)5-4-11(16(24)25)18-13(21)3-2-9-19-14(22)6-7-15(19)23/h6-7,11H,2-5,8-10H2,1H3,(H,17,20)(H,18,21)(H,24,25)/t11-/m0/s1. The van der Waals surface area contributed by atoms with Gasteiger partial charge in [-0.2, -0.15) is 0 Å². The van der Waals surface area contributed by atoms with Crippen molar-refractivity contribution >= 4 is 29.6 Å². The highest BCUT2D eigenvalue weighted by Gasteiger charge is 2.24. The molecular weight excluding hydrogens is 346 g/mol. The van der Waals surface area contributed by atoms with Gasteiger partial charge in [-0.05, 0) is 12.8 Å². The summed E-state index contributed by atoms with van der Waals surface area (Å²) in [6.45, 7) is 0.752. The molecule has 0 unspecified atom stereocenters. The van der Waals surface area contributed by atoms with Crippen molar-refractivity contribution in [2.45, 2.75) is 31.7 Å². The molecule has 1 heterocycles. The van der Waals surface area contributed by atoms with E-state index >= 15 is 0 Å². The van der Waals surface area contributed by atoms with E-state index in [4.69, 9.17) is 9.84 Å². The molecule has 0 bridgehead atoms. The van der Waals surface area contributed by atoms with E-state index in [-0.39, 0.29) is 38.1 Å². The molecule has 1 atom stereocenters. The minimum atomic E-state index is -1.24. The fourth-order valence-corrected chi connectivity index (χ4v) is 2.23. The van der Waals surface area contributed by atoms with Gasteiger partial charge >= 0.3 is 5.97 Å². The summed E-state index contributed by atoms with van der Waals surface area (Å²) < 4.78 is 4.78. The van der Waals surface area contributed by atoms with Crippen molar-refractivity contribution < 1.29 is 33.8 Å². The van der Waals surface area contributed by atoms with Crippen molar-refractivity contribution in [2.75, 3.05) is 26.8 Å². The van der Waals surface area contributed by atoms with Crippen LogP contribution >= 0.6 is 0 Å². The van der Waals surface area contributed by atoms with Crippen LogP contribution in [-0.4, -0.2) is 72.5 Å². The van der Waals surface area contributed by atoms with Crippen molar-refractivity contribution in [3.8, 4) is 0 Å². The monoisotopic (exact) mass is 369 g/mol. The molecular formula is C16H23N3O7. The molecule has 4 amide bonds. The Hall–Kier alpha value is -2.75. The van der Waals surface area contributed by atoms with Crippen molar-refractivity contribution in [1.82, 2.24) is 15.5 Å². The van der Waals surface area contributed by atoms with Crippen LogP contribution in [0, 0.1) is 0 Å². The van der Waals surface area contributed by atoms with Crippen molar-refractivity contribution in [2.24, 2.45) is 0 Å². The van der Waals surface area contributed by atoms with Crippen LogP contribution in [0.5, 0.6) is 0 Å². The van der Waals surface area contributed by atoms with Gasteiger partial charge < -0.3 is 20.5 Å². The van der Waals surface area contributed by atoms with E-state index in [1.165, 1.54) is 7.11 Å². The summed E-state index contributed by atoms with van der Waals surface area (Å²) in [6, 6.07) is -1.19. The topological polar surface area (TPSA) is 142 Å².